The second-order valence-corrected chi connectivity index (χ2v) is 8.13. The molecule has 0 saturated carbocycles. The zero-order valence-electron chi connectivity index (χ0n) is 12.5. The van der Waals surface area contributed by atoms with Gasteiger partial charge in [0.1, 0.15) is 10.7 Å². The molecule has 4 rings (SSSR count). The number of nitrogen functional groups attached to an aromatic ring is 1. The van der Waals surface area contributed by atoms with E-state index >= 15 is 0 Å². The van der Waals surface area contributed by atoms with Crippen molar-refractivity contribution in [2.75, 3.05) is 5.73 Å². The van der Waals surface area contributed by atoms with E-state index in [1.54, 1.807) is 11.3 Å². The number of thiophene rings is 2. The number of thioether (sulfide) groups is 1. The Kier molecular flexibility index (Phi) is 3.87. The molecular formula is C14H12N6OS3. The van der Waals surface area contributed by atoms with Crippen molar-refractivity contribution in [2.45, 2.75) is 17.8 Å². The zero-order valence-corrected chi connectivity index (χ0v) is 14.9. The third-order valence-electron chi connectivity index (χ3n) is 3.32. The summed E-state index contributed by atoms with van der Waals surface area (Å²) in [4.78, 5) is 27.0. The highest BCUT2D eigenvalue weighted by Crippen LogP contribution is 2.35. The van der Waals surface area contributed by atoms with Gasteiger partial charge in [-0.15, -0.1) is 27.8 Å². The molecule has 10 heteroatoms. The van der Waals surface area contributed by atoms with Gasteiger partial charge in [0.15, 0.2) is 0 Å². The fourth-order valence-corrected chi connectivity index (χ4v) is 4.88. The summed E-state index contributed by atoms with van der Waals surface area (Å²) in [5.74, 6) is 1.33. The third-order valence-corrected chi connectivity index (χ3v) is 6.08. The maximum absolute atomic E-state index is 12.5. The van der Waals surface area contributed by atoms with Gasteiger partial charge in [-0.1, -0.05) is 11.8 Å². The minimum Gasteiger partial charge on any atom is -0.368 e. The molecule has 7 nitrogen and oxygen atoms in total. The Morgan fingerprint density at radius 2 is 2.21 bits per heavy atom. The van der Waals surface area contributed by atoms with Crippen LogP contribution in [0.1, 0.15) is 10.7 Å². The van der Waals surface area contributed by atoms with Crippen LogP contribution in [0.15, 0.2) is 27.5 Å². The van der Waals surface area contributed by atoms with Gasteiger partial charge in [0.25, 0.3) is 5.56 Å². The van der Waals surface area contributed by atoms with Crippen LogP contribution in [0.25, 0.3) is 20.7 Å². The molecule has 4 aromatic heterocycles. The van der Waals surface area contributed by atoms with Crippen molar-refractivity contribution in [1.82, 2.24) is 25.1 Å². The molecule has 122 valence electrons. The summed E-state index contributed by atoms with van der Waals surface area (Å²) in [6.45, 7) is 2.05. The minimum absolute atomic E-state index is 0.118. The molecule has 0 fully saturated rings. The van der Waals surface area contributed by atoms with E-state index in [9.17, 15) is 4.79 Å². The van der Waals surface area contributed by atoms with Crippen molar-refractivity contribution < 1.29 is 0 Å². The van der Waals surface area contributed by atoms with Gasteiger partial charge in [0, 0.05) is 20.7 Å². The first-order chi connectivity index (χ1) is 11.6. The molecule has 0 bridgehead atoms. The van der Waals surface area contributed by atoms with Crippen LogP contribution in [0.4, 0.5) is 5.95 Å². The van der Waals surface area contributed by atoms with Crippen molar-refractivity contribution in [3.05, 3.63) is 38.6 Å². The summed E-state index contributed by atoms with van der Waals surface area (Å²) in [5, 5.41) is 9.69. The first-order valence-electron chi connectivity index (χ1n) is 6.98. The summed E-state index contributed by atoms with van der Waals surface area (Å²) in [5.41, 5.74) is 6.32. The lowest BCUT2D eigenvalue weighted by molar-refractivity contribution is 0.966. The Morgan fingerprint density at radius 3 is 2.92 bits per heavy atom. The van der Waals surface area contributed by atoms with Crippen LogP contribution in [-0.4, -0.2) is 25.1 Å². The highest BCUT2D eigenvalue weighted by Gasteiger charge is 2.14. The monoisotopic (exact) mass is 376 g/mol. The first kappa shape index (κ1) is 15.4. The van der Waals surface area contributed by atoms with Crippen LogP contribution >= 0.6 is 34.4 Å². The second-order valence-electron chi connectivity index (χ2n) is 5.04. The molecule has 4 heterocycles. The Morgan fingerprint density at radius 1 is 1.33 bits per heavy atom. The number of hydrogen-bond donors (Lipinski definition) is 3. The molecule has 0 unspecified atom stereocenters. The van der Waals surface area contributed by atoms with Crippen molar-refractivity contribution in [1.29, 1.82) is 0 Å². The molecule has 24 heavy (non-hydrogen) atoms. The van der Waals surface area contributed by atoms with E-state index in [1.165, 1.54) is 28.0 Å². The van der Waals surface area contributed by atoms with Gasteiger partial charge in [-0.25, -0.2) is 10.1 Å². The molecule has 0 spiro atoms. The Bertz CT molecular complexity index is 1080. The number of hydrogen-bond acceptors (Lipinski definition) is 8. The van der Waals surface area contributed by atoms with Crippen LogP contribution in [0.2, 0.25) is 0 Å². The van der Waals surface area contributed by atoms with Gasteiger partial charge in [0.2, 0.25) is 11.1 Å². The summed E-state index contributed by atoms with van der Waals surface area (Å²) in [7, 11) is 0. The smallest absolute Gasteiger partial charge is 0.260 e. The molecule has 0 amide bonds. The maximum atomic E-state index is 12.5. The Hall–Kier alpha value is -2.17. The maximum Gasteiger partial charge on any atom is 0.260 e. The molecule has 4 aromatic rings. The quantitative estimate of drug-likeness (QED) is 0.472. The van der Waals surface area contributed by atoms with Crippen LogP contribution in [0.3, 0.4) is 0 Å². The van der Waals surface area contributed by atoms with Crippen molar-refractivity contribution in [3.8, 4) is 10.4 Å². The van der Waals surface area contributed by atoms with Crippen LogP contribution < -0.4 is 11.3 Å². The van der Waals surface area contributed by atoms with Gasteiger partial charge >= 0.3 is 0 Å². The molecule has 0 saturated heterocycles. The van der Waals surface area contributed by atoms with E-state index in [4.69, 9.17) is 5.73 Å². The summed E-state index contributed by atoms with van der Waals surface area (Å²) >= 11 is 4.51. The Balaban J connectivity index is 1.67. The number of aromatic nitrogens is 5. The van der Waals surface area contributed by atoms with Gasteiger partial charge in [0.05, 0.1) is 11.1 Å². The standard InChI is InChI=1S/C14H12N6OS3/c1-6-2-3-8(24-6)7-4-22-12-10(7)11(21)16-9(17-12)5-23-14-18-13(15)19-20-14/h2-4H,5H2,1H3,(H,16,17,21)(H3,15,18,19,20). The molecule has 4 N–H and O–H groups in total. The predicted octanol–water partition coefficient (Wildman–Crippen LogP) is 3.01. The zero-order chi connectivity index (χ0) is 16.7. The second kappa shape index (κ2) is 6.04. The molecule has 0 aliphatic rings. The average molecular weight is 376 g/mol. The number of nitrogens with one attached hydrogen (secondary N) is 2. The number of nitrogens with two attached hydrogens (primary N) is 1. The van der Waals surface area contributed by atoms with Crippen molar-refractivity contribution >= 4 is 50.6 Å². The topological polar surface area (TPSA) is 113 Å². The Labute approximate surface area is 148 Å². The largest absolute Gasteiger partial charge is 0.368 e. The van der Waals surface area contributed by atoms with Crippen molar-refractivity contribution in [3.63, 3.8) is 0 Å². The van der Waals surface area contributed by atoms with E-state index in [2.05, 4.69) is 38.1 Å². The summed E-state index contributed by atoms with van der Waals surface area (Å²) in [6, 6.07) is 4.09. The van der Waals surface area contributed by atoms with E-state index in [-0.39, 0.29) is 11.5 Å². The normalized spacial score (nSPS) is 11.4. The highest BCUT2D eigenvalue weighted by molar-refractivity contribution is 7.98. The molecule has 0 atom stereocenters. The van der Waals surface area contributed by atoms with Gasteiger partial charge in [-0.3, -0.25) is 4.79 Å². The summed E-state index contributed by atoms with van der Waals surface area (Å²) < 4.78 is 0. The number of rotatable bonds is 4. The number of anilines is 1. The van der Waals surface area contributed by atoms with Crippen LogP contribution in [0.5, 0.6) is 0 Å². The average Bonchev–Trinajstić information content (AvgIpc) is 3.25. The number of fused-ring (bicyclic) bond motifs is 1. The number of H-pyrrole nitrogens is 2. The molecule has 0 aromatic carbocycles. The van der Waals surface area contributed by atoms with E-state index in [0.29, 0.717) is 22.1 Å². The summed E-state index contributed by atoms with van der Waals surface area (Å²) in [6.07, 6.45) is 0. The fraction of sp³-hybridized carbons (Fsp3) is 0.143. The molecule has 0 aliphatic heterocycles. The highest BCUT2D eigenvalue weighted by atomic mass is 32.2. The lowest BCUT2D eigenvalue weighted by atomic mass is 10.2. The van der Waals surface area contributed by atoms with Gasteiger partial charge in [-0.2, -0.15) is 4.98 Å². The molecule has 0 aliphatic carbocycles. The number of aromatic amines is 2. The predicted molar refractivity (Wildman–Crippen MR) is 98.6 cm³/mol. The third kappa shape index (κ3) is 2.83. The molecule has 0 radical (unpaired) electrons. The lowest BCUT2D eigenvalue weighted by Gasteiger charge is -2.00. The van der Waals surface area contributed by atoms with Crippen molar-refractivity contribution in [2.24, 2.45) is 0 Å². The van der Waals surface area contributed by atoms with Gasteiger partial charge in [-0.05, 0) is 19.1 Å². The fourth-order valence-electron chi connectivity index (χ4n) is 2.28. The van der Waals surface area contributed by atoms with Crippen LogP contribution in [0, 0.1) is 6.92 Å². The minimum atomic E-state index is -0.118. The first-order valence-corrected chi connectivity index (χ1v) is 9.66. The van der Waals surface area contributed by atoms with Crippen LogP contribution in [-0.2, 0) is 5.75 Å². The van der Waals surface area contributed by atoms with E-state index in [0.717, 1.165) is 15.3 Å². The van der Waals surface area contributed by atoms with Gasteiger partial charge < -0.3 is 10.7 Å². The molecular weight excluding hydrogens is 364 g/mol. The number of nitrogens with zero attached hydrogens (tertiary/aromatic N) is 3. The van der Waals surface area contributed by atoms with E-state index in [1.807, 2.05) is 11.4 Å². The number of aryl methyl sites for hydroxylation is 1. The van der Waals surface area contributed by atoms with E-state index < -0.39 is 0 Å². The lowest BCUT2D eigenvalue weighted by Crippen LogP contribution is -2.10. The SMILES string of the molecule is Cc1ccc(-c2csc3nc(CSc4n[nH]c(N)n4)[nH]c(=O)c23)s1.